The van der Waals surface area contributed by atoms with E-state index in [1.54, 1.807) is 0 Å². The van der Waals surface area contributed by atoms with Crippen LogP contribution in [0.25, 0.3) is 0 Å². The van der Waals surface area contributed by atoms with E-state index in [4.69, 9.17) is 28.1 Å². The van der Waals surface area contributed by atoms with E-state index in [-0.39, 0.29) is 47.3 Å². The van der Waals surface area contributed by atoms with Gasteiger partial charge in [-0.2, -0.15) is 0 Å². The second-order valence-electron chi connectivity index (χ2n) is 13.3. The summed E-state index contributed by atoms with van der Waals surface area (Å²) in [5.41, 5.74) is 2.73. The Bertz CT molecular complexity index is 902. The first kappa shape index (κ1) is 27.8. The molecule has 3 fully saturated rings. The smallest absolute Gasteiger partial charge is 0.311 e. The minimum atomic E-state index is -2.09. The third-order valence-corrected chi connectivity index (χ3v) is 14.9. The highest BCUT2D eigenvalue weighted by Gasteiger charge is 2.66. The van der Waals surface area contributed by atoms with Crippen LogP contribution in [0.3, 0.4) is 0 Å². The van der Waals surface area contributed by atoms with Crippen molar-refractivity contribution in [2.24, 2.45) is 29.6 Å². The van der Waals surface area contributed by atoms with Crippen LogP contribution in [0.15, 0.2) is 11.1 Å². The molecule has 1 spiro atoms. The van der Waals surface area contributed by atoms with E-state index in [2.05, 4.69) is 40.8 Å². The fourth-order valence-corrected chi connectivity index (χ4v) is 9.16. The van der Waals surface area contributed by atoms with Gasteiger partial charge < -0.3 is 28.1 Å². The number of hydrogen-bond donors (Lipinski definition) is 0. The molecule has 7 nitrogen and oxygen atoms in total. The van der Waals surface area contributed by atoms with E-state index >= 15 is 0 Å². The van der Waals surface area contributed by atoms with Gasteiger partial charge in [0.1, 0.15) is 0 Å². The third kappa shape index (κ3) is 4.57. The number of hydrogen-bond acceptors (Lipinski definition) is 7. The fraction of sp³-hybridized carbons (Fsp3) is 0.897. The summed E-state index contributed by atoms with van der Waals surface area (Å²) in [4.78, 5) is 13.7. The molecule has 2 aliphatic heterocycles. The lowest BCUT2D eigenvalue weighted by Gasteiger charge is -2.60. The second-order valence-corrected chi connectivity index (χ2v) is 18.1. The zero-order valence-corrected chi connectivity index (χ0v) is 25.1. The number of ether oxygens (including phenoxy) is 5. The van der Waals surface area contributed by atoms with Crippen molar-refractivity contribution in [1.29, 1.82) is 0 Å². The Kier molecular flexibility index (Phi) is 7.51. The molecule has 0 aromatic carbocycles. The van der Waals surface area contributed by atoms with Crippen LogP contribution in [0.4, 0.5) is 0 Å². The van der Waals surface area contributed by atoms with Gasteiger partial charge in [0.2, 0.25) is 0 Å². The Morgan fingerprint density at radius 3 is 2.51 bits per heavy atom. The van der Waals surface area contributed by atoms with Gasteiger partial charge >= 0.3 is 5.97 Å². The fourth-order valence-electron chi connectivity index (χ4n) is 7.75. The van der Waals surface area contributed by atoms with Gasteiger partial charge in [0.05, 0.1) is 38.4 Å². The highest BCUT2D eigenvalue weighted by molar-refractivity contribution is 6.74. The molecule has 210 valence electrons. The molecule has 0 unspecified atom stereocenters. The summed E-state index contributed by atoms with van der Waals surface area (Å²) in [5.74, 6) is -0.979. The molecule has 0 bridgehead atoms. The van der Waals surface area contributed by atoms with Gasteiger partial charge in [0.25, 0.3) is 0 Å². The van der Waals surface area contributed by atoms with E-state index in [0.29, 0.717) is 32.2 Å². The number of fused-ring (bicyclic) bond motifs is 3. The molecule has 2 heterocycles. The summed E-state index contributed by atoms with van der Waals surface area (Å²) in [6.45, 7) is 17.4. The van der Waals surface area contributed by atoms with Crippen LogP contribution in [0.2, 0.25) is 18.1 Å². The van der Waals surface area contributed by atoms with Crippen molar-refractivity contribution in [2.45, 2.75) is 109 Å². The molecule has 37 heavy (non-hydrogen) atoms. The summed E-state index contributed by atoms with van der Waals surface area (Å²) in [7, 11) is -0.590. The Balaban J connectivity index is 1.63. The van der Waals surface area contributed by atoms with Crippen molar-refractivity contribution in [1.82, 2.24) is 0 Å². The van der Waals surface area contributed by atoms with Crippen molar-refractivity contribution >= 4 is 14.3 Å². The van der Waals surface area contributed by atoms with Gasteiger partial charge in [-0.25, -0.2) is 0 Å². The Hall–Kier alpha value is -0.773. The van der Waals surface area contributed by atoms with Gasteiger partial charge in [-0.15, -0.1) is 0 Å². The lowest BCUT2D eigenvalue weighted by Crippen LogP contribution is -2.65. The lowest BCUT2D eigenvalue weighted by molar-refractivity contribution is -0.269. The first-order valence-corrected chi connectivity index (χ1v) is 17.4. The van der Waals surface area contributed by atoms with Crippen LogP contribution < -0.4 is 0 Å². The van der Waals surface area contributed by atoms with Crippen LogP contribution in [0.1, 0.15) is 66.7 Å². The van der Waals surface area contributed by atoms with Gasteiger partial charge in [0, 0.05) is 25.4 Å². The van der Waals surface area contributed by atoms with Crippen LogP contribution in [0.5, 0.6) is 0 Å². The van der Waals surface area contributed by atoms with Crippen LogP contribution in [-0.4, -0.2) is 65.5 Å². The first-order valence-electron chi connectivity index (χ1n) is 14.5. The number of rotatable bonds is 5. The molecule has 1 saturated carbocycles. The number of methoxy groups -OCH3 is 1. The standard InChI is InChI=1S/C29H48O7Si/c1-9-32-21-15-18-11-10-12-19-23(18)26(35-21)24(27(30)31-6)22-17(2)20(36-37(7,8)28(3,4)5)16-29(25(19)22)33-13-14-34-29/h17-18,20-22,24-26H,9-16H2,1-8H3/t17-,18-,20+,21-,22-,24-,25-,26+/m1/s1. The minimum Gasteiger partial charge on any atom is -0.469 e. The van der Waals surface area contributed by atoms with Gasteiger partial charge in [0.15, 0.2) is 20.4 Å². The summed E-state index contributed by atoms with van der Waals surface area (Å²) in [5, 5.41) is 0.0753. The SMILES string of the molecule is CCO[C@H]1C[C@H]2CCCC3=C2[C@H](O1)[C@H](C(=O)OC)[C@H]1[C@H](C)[C@@H](O[Si](C)(C)C(C)(C)C)CC2(OCCO2)[C@H]31. The molecule has 5 rings (SSSR count). The van der Waals surface area contributed by atoms with E-state index in [1.807, 2.05) is 6.92 Å². The number of esters is 1. The highest BCUT2D eigenvalue weighted by Crippen LogP contribution is 2.62. The molecule has 0 N–H and O–H groups in total. The monoisotopic (exact) mass is 536 g/mol. The average Bonchev–Trinajstić information content (AvgIpc) is 3.29. The molecule has 8 heteroatoms. The van der Waals surface area contributed by atoms with E-state index in [0.717, 1.165) is 25.7 Å². The maximum atomic E-state index is 13.7. The minimum absolute atomic E-state index is 0.00894. The summed E-state index contributed by atoms with van der Waals surface area (Å²) >= 11 is 0. The third-order valence-electron chi connectivity index (χ3n) is 10.4. The molecular weight excluding hydrogens is 488 g/mol. The average molecular weight is 537 g/mol. The lowest BCUT2D eigenvalue weighted by atomic mass is 9.52. The van der Waals surface area contributed by atoms with E-state index in [9.17, 15) is 4.79 Å². The summed E-state index contributed by atoms with van der Waals surface area (Å²) < 4.78 is 38.4. The topological polar surface area (TPSA) is 72.5 Å². The Labute approximate surface area is 224 Å². The van der Waals surface area contributed by atoms with Gasteiger partial charge in [-0.3, -0.25) is 4.79 Å². The largest absolute Gasteiger partial charge is 0.469 e. The molecule has 2 saturated heterocycles. The van der Waals surface area contributed by atoms with Crippen LogP contribution in [-0.2, 0) is 32.9 Å². The van der Waals surface area contributed by atoms with Crippen molar-refractivity contribution in [3.63, 3.8) is 0 Å². The predicted molar refractivity (Wildman–Crippen MR) is 142 cm³/mol. The first-order chi connectivity index (χ1) is 17.4. The predicted octanol–water partition coefficient (Wildman–Crippen LogP) is 5.44. The molecular formula is C29H48O7Si. The molecule has 5 aliphatic rings. The van der Waals surface area contributed by atoms with E-state index < -0.39 is 20.0 Å². The summed E-state index contributed by atoms with van der Waals surface area (Å²) in [6, 6.07) is 0. The van der Waals surface area contributed by atoms with Crippen molar-refractivity contribution < 1.29 is 32.9 Å². The Morgan fingerprint density at radius 2 is 1.89 bits per heavy atom. The molecule has 0 aromatic rings. The van der Waals surface area contributed by atoms with Gasteiger partial charge in [-0.05, 0) is 67.6 Å². The van der Waals surface area contributed by atoms with Crippen molar-refractivity contribution in [3.8, 4) is 0 Å². The van der Waals surface area contributed by atoms with Crippen LogP contribution >= 0.6 is 0 Å². The molecule has 0 amide bonds. The molecule has 8 atom stereocenters. The number of carbonyl (C=O) groups is 1. The number of carbonyl (C=O) groups excluding carboxylic acids is 1. The maximum Gasteiger partial charge on any atom is 0.311 e. The second kappa shape index (κ2) is 10.0. The Morgan fingerprint density at radius 1 is 1.19 bits per heavy atom. The van der Waals surface area contributed by atoms with Crippen molar-refractivity contribution in [2.75, 3.05) is 26.9 Å². The zero-order valence-electron chi connectivity index (χ0n) is 24.1. The molecule has 0 radical (unpaired) electrons. The summed E-state index contributed by atoms with van der Waals surface area (Å²) in [6.07, 6.45) is 4.10. The van der Waals surface area contributed by atoms with E-state index in [1.165, 1.54) is 18.3 Å². The highest BCUT2D eigenvalue weighted by atomic mass is 28.4. The quantitative estimate of drug-likeness (QED) is 0.263. The normalized spacial score (nSPS) is 39.4. The van der Waals surface area contributed by atoms with Crippen LogP contribution in [0, 0.1) is 29.6 Å². The maximum absolute atomic E-state index is 13.7. The zero-order chi connectivity index (χ0) is 26.8. The molecule has 0 aromatic heterocycles. The van der Waals surface area contributed by atoms with Gasteiger partial charge in [-0.1, -0.05) is 33.3 Å². The van der Waals surface area contributed by atoms with Crippen molar-refractivity contribution in [3.05, 3.63) is 11.1 Å². The molecule has 3 aliphatic carbocycles.